The maximum atomic E-state index is 12.4. The number of benzene rings is 1. The van der Waals surface area contributed by atoms with Gasteiger partial charge in [-0.05, 0) is 18.6 Å². The van der Waals surface area contributed by atoms with Crippen LogP contribution in [0.1, 0.15) is 18.7 Å². The van der Waals surface area contributed by atoms with Crippen molar-refractivity contribution in [3.05, 3.63) is 30.1 Å². The summed E-state index contributed by atoms with van der Waals surface area (Å²) in [6.45, 7) is 1.03. The summed E-state index contributed by atoms with van der Waals surface area (Å²) >= 11 is 0. The zero-order valence-electron chi connectivity index (χ0n) is 13.5. The first kappa shape index (κ1) is 16.9. The van der Waals surface area contributed by atoms with Gasteiger partial charge in [-0.15, -0.1) is 0 Å². The lowest BCUT2D eigenvalue weighted by Crippen LogP contribution is -2.47. The fraction of sp³-hybridized carbons (Fsp3) is 0.529. The molecule has 1 fully saturated rings. The van der Waals surface area contributed by atoms with E-state index < -0.39 is 6.10 Å². The number of rotatable bonds is 5. The van der Waals surface area contributed by atoms with Gasteiger partial charge in [0.25, 0.3) is 0 Å². The maximum Gasteiger partial charge on any atom is 0.224 e. The second-order valence-electron chi connectivity index (χ2n) is 6.21. The Morgan fingerprint density at radius 2 is 2.08 bits per heavy atom. The molecule has 24 heavy (non-hydrogen) atoms. The van der Waals surface area contributed by atoms with E-state index in [1.54, 1.807) is 4.90 Å². The van der Waals surface area contributed by atoms with Gasteiger partial charge >= 0.3 is 0 Å². The van der Waals surface area contributed by atoms with Crippen molar-refractivity contribution in [2.24, 2.45) is 5.92 Å². The highest BCUT2D eigenvalue weighted by Gasteiger charge is 2.29. The standard InChI is InChI=1S/C17H23N3O4/c21-10-12-5-7-19(9-15(12)23)17(24)6-8-20-14-4-2-1-3-13(14)18-16(20)11-22/h1-4,12,15,21-23H,5-11H2/t12-,15-/m1/s1. The maximum absolute atomic E-state index is 12.4. The number of aromatic nitrogens is 2. The van der Waals surface area contributed by atoms with Crippen LogP contribution in [0.4, 0.5) is 0 Å². The van der Waals surface area contributed by atoms with E-state index in [1.807, 2.05) is 28.8 Å². The van der Waals surface area contributed by atoms with Crippen LogP contribution in [0, 0.1) is 5.92 Å². The first-order valence-electron chi connectivity index (χ1n) is 8.25. The highest BCUT2D eigenvalue weighted by atomic mass is 16.3. The Balaban J connectivity index is 1.67. The van der Waals surface area contributed by atoms with Crippen molar-refractivity contribution in [1.29, 1.82) is 0 Å². The predicted molar refractivity (Wildman–Crippen MR) is 88.1 cm³/mol. The summed E-state index contributed by atoms with van der Waals surface area (Å²) in [7, 11) is 0. The second-order valence-corrected chi connectivity index (χ2v) is 6.21. The molecule has 0 spiro atoms. The normalized spacial score (nSPS) is 21.4. The highest BCUT2D eigenvalue weighted by Crippen LogP contribution is 2.20. The van der Waals surface area contributed by atoms with Crippen molar-refractivity contribution >= 4 is 16.9 Å². The van der Waals surface area contributed by atoms with E-state index in [4.69, 9.17) is 0 Å². The van der Waals surface area contributed by atoms with E-state index >= 15 is 0 Å². The Kier molecular flexibility index (Phi) is 5.13. The summed E-state index contributed by atoms with van der Waals surface area (Å²) in [5.74, 6) is 0.364. The van der Waals surface area contributed by atoms with Crippen LogP contribution in [0.2, 0.25) is 0 Å². The predicted octanol–water partition coefficient (Wildman–Crippen LogP) is 0.120. The molecular formula is C17H23N3O4. The number of amides is 1. The van der Waals surface area contributed by atoms with Gasteiger partial charge in [-0.1, -0.05) is 12.1 Å². The van der Waals surface area contributed by atoms with Crippen LogP contribution < -0.4 is 0 Å². The van der Waals surface area contributed by atoms with Crippen LogP contribution in [0.3, 0.4) is 0 Å². The fourth-order valence-corrected chi connectivity index (χ4v) is 3.28. The third kappa shape index (κ3) is 3.28. The zero-order valence-corrected chi connectivity index (χ0v) is 13.5. The van der Waals surface area contributed by atoms with Crippen molar-refractivity contribution < 1.29 is 20.1 Å². The van der Waals surface area contributed by atoms with Crippen LogP contribution in [-0.2, 0) is 17.9 Å². The lowest BCUT2D eigenvalue weighted by Gasteiger charge is -2.35. The van der Waals surface area contributed by atoms with Gasteiger partial charge in [0.2, 0.25) is 5.91 Å². The number of fused-ring (bicyclic) bond motifs is 1. The minimum atomic E-state index is -0.672. The molecule has 0 unspecified atom stereocenters. The zero-order chi connectivity index (χ0) is 17.1. The second kappa shape index (κ2) is 7.29. The Morgan fingerprint density at radius 1 is 1.29 bits per heavy atom. The van der Waals surface area contributed by atoms with Crippen molar-refractivity contribution in [2.75, 3.05) is 19.7 Å². The molecule has 3 N–H and O–H groups in total. The van der Waals surface area contributed by atoms with Crippen LogP contribution in [0.15, 0.2) is 24.3 Å². The van der Waals surface area contributed by atoms with E-state index in [0.717, 1.165) is 11.0 Å². The lowest BCUT2D eigenvalue weighted by atomic mass is 9.94. The fourth-order valence-electron chi connectivity index (χ4n) is 3.28. The van der Waals surface area contributed by atoms with Gasteiger partial charge in [0, 0.05) is 38.6 Å². The molecule has 1 aliphatic heterocycles. The average Bonchev–Trinajstić information content (AvgIpc) is 2.97. The molecule has 2 heterocycles. The molecule has 0 aliphatic carbocycles. The molecule has 1 aromatic carbocycles. The first-order valence-corrected chi connectivity index (χ1v) is 8.25. The monoisotopic (exact) mass is 333 g/mol. The van der Waals surface area contributed by atoms with E-state index in [0.29, 0.717) is 25.3 Å². The van der Waals surface area contributed by atoms with Crippen molar-refractivity contribution in [3.63, 3.8) is 0 Å². The SMILES string of the molecule is O=C(CCn1c(CO)nc2ccccc21)N1CC[C@H](CO)[C@H](O)C1. The molecule has 2 aromatic rings. The number of para-hydroxylation sites is 2. The van der Waals surface area contributed by atoms with Crippen molar-refractivity contribution in [2.45, 2.75) is 32.1 Å². The molecule has 3 rings (SSSR count). The summed E-state index contributed by atoms with van der Waals surface area (Å²) in [5, 5.41) is 28.6. The molecule has 1 aliphatic rings. The number of hydrogen-bond donors (Lipinski definition) is 3. The van der Waals surface area contributed by atoms with E-state index in [-0.39, 0.29) is 38.0 Å². The molecule has 1 saturated heterocycles. The molecule has 130 valence electrons. The summed E-state index contributed by atoms with van der Waals surface area (Å²) < 4.78 is 1.87. The summed E-state index contributed by atoms with van der Waals surface area (Å²) in [6, 6.07) is 7.59. The molecule has 0 saturated carbocycles. The molecule has 1 amide bonds. The number of likely N-dealkylation sites (tertiary alicyclic amines) is 1. The van der Waals surface area contributed by atoms with Gasteiger partial charge in [0.15, 0.2) is 0 Å². The van der Waals surface area contributed by atoms with Crippen LogP contribution >= 0.6 is 0 Å². The van der Waals surface area contributed by atoms with Gasteiger partial charge in [0.1, 0.15) is 12.4 Å². The largest absolute Gasteiger partial charge is 0.396 e. The van der Waals surface area contributed by atoms with Gasteiger partial charge < -0.3 is 24.8 Å². The third-order valence-electron chi connectivity index (χ3n) is 4.73. The number of piperidine rings is 1. The van der Waals surface area contributed by atoms with Crippen molar-refractivity contribution in [3.8, 4) is 0 Å². The number of aliphatic hydroxyl groups is 3. The molecule has 2 atom stereocenters. The number of aryl methyl sites for hydroxylation is 1. The Labute approximate surface area is 140 Å². The topological polar surface area (TPSA) is 98.8 Å². The van der Waals surface area contributed by atoms with E-state index in [9.17, 15) is 20.1 Å². The highest BCUT2D eigenvalue weighted by molar-refractivity contribution is 5.78. The summed E-state index contributed by atoms with van der Waals surface area (Å²) in [6.07, 6.45) is 0.221. The molecule has 0 bridgehead atoms. The van der Waals surface area contributed by atoms with E-state index in [1.165, 1.54) is 0 Å². The van der Waals surface area contributed by atoms with Crippen LogP contribution in [0.25, 0.3) is 11.0 Å². The first-order chi connectivity index (χ1) is 11.6. The number of hydrogen-bond acceptors (Lipinski definition) is 5. The van der Waals surface area contributed by atoms with Gasteiger partial charge in [0.05, 0.1) is 17.1 Å². The Hall–Kier alpha value is -1.96. The molecule has 1 aromatic heterocycles. The lowest BCUT2D eigenvalue weighted by molar-refractivity contribution is -0.136. The minimum Gasteiger partial charge on any atom is -0.396 e. The molecule has 7 heteroatoms. The molecule has 7 nitrogen and oxygen atoms in total. The van der Waals surface area contributed by atoms with Gasteiger partial charge in [-0.25, -0.2) is 4.98 Å². The number of nitrogens with zero attached hydrogens (tertiary/aromatic N) is 3. The number of imidazole rings is 1. The summed E-state index contributed by atoms with van der Waals surface area (Å²) in [5.41, 5.74) is 1.70. The summed E-state index contributed by atoms with van der Waals surface area (Å²) in [4.78, 5) is 18.4. The number of β-amino-alcohol motifs (C(OH)–C–C–N with tert-alkyl or cyclic N) is 1. The van der Waals surface area contributed by atoms with E-state index in [2.05, 4.69) is 4.98 Å². The molecule has 0 radical (unpaired) electrons. The van der Waals surface area contributed by atoms with Crippen LogP contribution in [-0.4, -0.2) is 61.5 Å². The number of carbonyl (C=O) groups is 1. The number of carbonyl (C=O) groups excluding carboxylic acids is 1. The molecular weight excluding hydrogens is 310 g/mol. The third-order valence-corrected chi connectivity index (χ3v) is 4.73. The number of aliphatic hydroxyl groups excluding tert-OH is 3. The van der Waals surface area contributed by atoms with Gasteiger partial charge in [-0.2, -0.15) is 0 Å². The Bertz CT molecular complexity index is 715. The minimum absolute atomic E-state index is 0.0351. The smallest absolute Gasteiger partial charge is 0.224 e. The Morgan fingerprint density at radius 3 is 2.79 bits per heavy atom. The quantitative estimate of drug-likeness (QED) is 0.722. The van der Waals surface area contributed by atoms with Crippen molar-refractivity contribution in [1.82, 2.24) is 14.5 Å². The van der Waals surface area contributed by atoms with Gasteiger partial charge in [-0.3, -0.25) is 4.79 Å². The average molecular weight is 333 g/mol. The van der Waals surface area contributed by atoms with Crippen LogP contribution in [0.5, 0.6) is 0 Å².